The fourth-order valence-electron chi connectivity index (χ4n) is 3.56. The van der Waals surface area contributed by atoms with Gasteiger partial charge < -0.3 is 25.2 Å². The minimum Gasteiger partial charge on any atom is -0.507 e. The van der Waals surface area contributed by atoms with Crippen LogP contribution in [0.2, 0.25) is 0 Å². The van der Waals surface area contributed by atoms with E-state index in [1.165, 1.54) is 12.1 Å². The van der Waals surface area contributed by atoms with E-state index in [9.17, 15) is 19.8 Å². The quantitative estimate of drug-likeness (QED) is 0.582. The molecule has 1 aliphatic heterocycles. The molecule has 1 heterocycles. The number of aromatic hydroxyl groups is 1. The number of carbonyl (C=O) groups excluding carboxylic acids is 1. The Morgan fingerprint density at radius 3 is 2.32 bits per heavy atom. The van der Waals surface area contributed by atoms with Gasteiger partial charge in [-0.1, -0.05) is 36.4 Å². The molecule has 0 spiro atoms. The number of hydrogen-bond donors (Lipinski definition) is 3. The normalized spacial score (nSPS) is 13.6. The first-order valence-electron chi connectivity index (χ1n) is 9.93. The number of morpholine rings is 1. The number of phenols is 1. The summed E-state index contributed by atoms with van der Waals surface area (Å²) in [6.45, 7) is 2.57. The number of hydrogen-bond acceptors (Lipinski definition) is 5. The van der Waals surface area contributed by atoms with Crippen LogP contribution in [0.1, 0.15) is 20.7 Å². The molecule has 3 aromatic rings. The van der Waals surface area contributed by atoms with Crippen molar-refractivity contribution < 1.29 is 24.5 Å². The molecule has 0 unspecified atom stereocenters. The molecule has 1 saturated heterocycles. The highest BCUT2D eigenvalue weighted by atomic mass is 16.5. The van der Waals surface area contributed by atoms with Gasteiger partial charge in [-0.2, -0.15) is 0 Å². The number of amides is 1. The van der Waals surface area contributed by atoms with Gasteiger partial charge in [0.1, 0.15) is 5.75 Å². The van der Waals surface area contributed by atoms with Crippen molar-refractivity contribution in [1.29, 1.82) is 0 Å². The predicted molar refractivity (Wildman–Crippen MR) is 118 cm³/mol. The molecule has 31 heavy (non-hydrogen) atoms. The fourth-order valence-corrected chi connectivity index (χ4v) is 3.56. The molecule has 1 fully saturated rings. The summed E-state index contributed by atoms with van der Waals surface area (Å²) in [7, 11) is 0. The van der Waals surface area contributed by atoms with Crippen molar-refractivity contribution in [3.8, 4) is 16.9 Å². The van der Waals surface area contributed by atoms with E-state index < -0.39 is 11.9 Å². The van der Waals surface area contributed by atoms with E-state index in [4.69, 9.17) is 4.74 Å². The second kappa shape index (κ2) is 8.89. The number of nitrogens with zero attached hydrogens (tertiary/aromatic N) is 1. The third-order valence-electron chi connectivity index (χ3n) is 5.21. The molecule has 4 rings (SSSR count). The Morgan fingerprint density at radius 1 is 0.871 bits per heavy atom. The van der Waals surface area contributed by atoms with Crippen molar-refractivity contribution in [1.82, 2.24) is 0 Å². The number of phenolic OH excluding ortho intramolecular Hbond substituents is 1. The molecule has 0 bridgehead atoms. The van der Waals surface area contributed by atoms with Crippen LogP contribution in [0.3, 0.4) is 0 Å². The van der Waals surface area contributed by atoms with Crippen molar-refractivity contribution in [3.63, 3.8) is 0 Å². The number of carboxylic acid groups (broad SMARTS) is 1. The maximum atomic E-state index is 13.0. The Labute approximate surface area is 179 Å². The molecule has 3 aromatic carbocycles. The minimum absolute atomic E-state index is 0.0307. The van der Waals surface area contributed by atoms with E-state index in [1.807, 2.05) is 30.3 Å². The van der Waals surface area contributed by atoms with E-state index >= 15 is 0 Å². The number of nitrogens with one attached hydrogen (secondary N) is 1. The first-order valence-corrected chi connectivity index (χ1v) is 9.93. The monoisotopic (exact) mass is 418 g/mol. The Bertz CT molecular complexity index is 1110. The summed E-state index contributed by atoms with van der Waals surface area (Å²) in [6, 6.07) is 19.1. The van der Waals surface area contributed by atoms with E-state index in [0.29, 0.717) is 26.3 Å². The van der Waals surface area contributed by atoms with Crippen LogP contribution in [-0.4, -0.2) is 48.4 Å². The highest BCUT2D eigenvalue weighted by molar-refractivity contribution is 6.10. The van der Waals surface area contributed by atoms with Crippen molar-refractivity contribution in [2.24, 2.45) is 0 Å². The molecule has 158 valence electrons. The van der Waals surface area contributed by atoms with Gasteiger partial charge in [0, 0.05) is 18.8 Å². The lowest BCUT2D eigenvalue weighted by Gasteiger charge is -2.29. The Hall–Kier alpha value is -3.84. The van der Waals surface area contributed by atoms with Gasteiger partial charge in [-0.15, -0.1) is 0 Å². The molecule has 0 aromatic heterocycles. The molecule has 1 amide bonds. The number of aromatic carboxylic acids is 1. The van der Waals surface area contributed by atoms with Gasteiger partial charge in [-0.3, -0.25) is 4.79 Å². The van der Waals surface area contributed by atoms with E-state index in [2.05, 4.69) is 10.2 Å². The zero-order valence-electron chi connectivity index (χ0n) is 16.7. The average Bonchev–Trinajstić information content (AvgIpc) is 2.80. The fraction of sp³-hybridized carbons (Fsp3) is 0.167. The molecule has 7 heteroatoms. The van der Waals surface area contributed by atoms with E-state index in [-0.39, 0.29) is 22.6 Å². The zero-order chi connectivity index (χ0) is 21.8. The molecular weight excluding hydrogens is 396 g/mol. The SMILES string of the molecule is O=C(Nc1cc(-c2ccccc2)ccc1C(=O)O)c1cc(N2CCOCC2)ccc1O. The molecule has 1 aliphatic rings. The van der Waals surface area contributed by atoms with Crippen molar-refractivity contribution in [2.75, 3.05) is 36.5 Å². The highest BCUT2D eigenvalue weighted by Crippen LogP contribution is 2.29. The summed E-state index contributed by atoms with van der Waals surface area (Å²) in [5, 5.41) is 22.5. The molecule has 0 atom stereocenters. The van der Waals surface area contributed by atoms with Crippen LogP contribution in [-0.2, 0) is 4.74 Å². The van der Waals surface area contributed by atoms with Gasteiger partial charge in [-0.25, -0.2) is 4.79 Å². The standard InChI is InChI=1S/C24H22N2O5/c27-22-9-7-18(26-10-12-31-13-11-26)15-20(22)23(28)25-21-14-17(6-8-19(21)24(29)30)16-4-2-1-3-5-16/h1-9,14-15,27H,10-13H2,(H,25,28)(H,29,30). The van der Waals surface area contributed by atoms with Gasteiger partial charge in [-0.05, 0) is 41.5 Å². The third-order valence-corrected chi connectivity index (χ3v) is 5.21. The van der Waals surface area contributed by atoms with Crippen LogP contribution in [0, 0.1) is 0 Å². The summed E-state index contributed by atoms with van der Waals surface area (Å²) in [4.78, 5) is 26.7. The van der Waals surface area contributed by atoms with Crippen molar-refractivity contribution >= 4 is 23.3 Å². The van der Waals surface area contributed by atoms with Crippen LogP contribution < -0.4 is 10.2 Å². The largest absolute Gasteiger partial charge is 0.507 e. The van der Waals surface area contributed by atoms with E-state index in [0.717, 1.165) is 16.8 Å². The van der Waals surface area contributed by atoms with Crippen LogP contribution >= 0.6 is 0 Å². The lowest BCUT2D eigenvalue weighted by atomic mass is 10.0. The number of benzene rings is 3. The average molecular weight is 418 g/mol. The molecule has 7 nitrogen and oxygen atoms in total. The smallest absolute Gasteiger partial charge is 0.337 e. The van der Waals surface area contributed by atoms with Gasteiger partial charge in [0.2, 0.25) is 0 Å². The summed E-state index contributed by atoms with van der Waals surface area (Å²) >= 11 is 0. The number of ether oxygens (including phenoxy) is 1. The predicted octanol–water partition coefficient (Wildman–Crippen LogP) is 3.85. The number of carboxylic acids is 1. The van der Waals surface area contributed by atoms with Crippen molar-refractivity contribution in [3.05, 3.63) is 77.9 Å². The summed E-state index contributed by atoms with van der Waals surface area (Å²) in [6.07, 6.45) is 0. The van der Waals surface area contributed by atoms with Crippen molar-refractivity contribution in [2.45, 2.75) is 0 Å². The number of anilines is 2. The minimum atomic E-state index is -1.15. The highest BCUT2D eigenvalue weighted by Gasteiger charge is 2.19. The van der Waals surface area contributed by atoms with Gasteiger partial charge in [0.15, 0.2) is 0 Å². The molecule has 0 aliphatic carbocycles. The lowest BCUT2D eigenvalue weighted by molar-refractivity contribution is 0.0698. The Kier molecular flexibility index (Phi) is 5.86. The number of carbonyl (C=O) groups is 2. The Morgan fingerprint density at radius 2 is 1.61 bits per heavy atom. The first-order chi connectivity index (χ1) is 15.0. The first kappa shape index (κ1) is 20.4. The van der Waals surface area contributed by atoms with Gasteiger partial charge >= 0.3 is 5.97 Å². The third kappa shape index (κ3) is 4.51. The molecule has 0 radical (unpaired) electrons. The second-order valence-electron chi connectivity index (χ2n) is 7.19. The molecule has 3 N–H and O–H groups in total. The molecular formula is C24H22N2O5. The number of rotatable bonds is 5. The second-order valence-corrected chi connectivity index (χ2v) is 7.19. The maximum absolute atomic E-state index is 13.0. The van der Waals surface area contributed by atoms with Gasteiger partial charge in [0.05, 0.1) is 30.0 Å². The topological polar surface area (TPSA) is 99.1 Å². The summed E-state index contributed by atoms with van der Waals surface area (Å²) in [5.74, 6) is -1.91. The molecule has 0 saturated carbocycles. The van der Waals surface area contributed by atoms with Crippen LogP contribution in [0.25, 0.3) is 11.1 Å². The van der Waals surface area contributed by atoms with E-state index in [1.54, 1.807) is 24.3 Å². The summed E-state index contributed by atoms with van der Waals surface area (Å²) < 4.78 is 5.36. The van der Waals surface area contributed by atoms with Gasteiger partial charge in [0.25, 0.3) is 5.91 Å². The van der Waals surface area contributed by atoms with Crippen LogP contribution in [0.4, 0.5) is 11.4 Å². The Balaban J connectivity index is 1.65. The summed E-state index contributed by atoms with van der Waals surface area (Å²) in [5.41, 5.74) is 2.67. The van der Waals surface area contributed by atoms with Crippen LogP contribution in [0.5, 0.6) is 5.75 Å². The lowest BCUT2D eigenvalue weighted by Crippen LogP contribution is -2.36. The zero-order valence-corrected chi connectivity index (χ0v) is 16.7. The van der Waals surface area contributed by atoms with Crippen LogP contribution in [0.15, 0.2) is 66.7 Å². The maximum Gasteiger partial charge on any atom is 0.337 e.